The van der Waals surface area contributed by atoms with E-state index in [0.29, 0.717) is 4.99 Å². The molecule has 2 nitrogen and oxygen atoms in total. The molecule has 0 aliphatic carbocycles. The zero-order valence-electron chi connectivity index (χ0n) is 10.9. The first-order valence-electron chi connectivity index (χ1n) is 6.05. The molecule has 1 aromatic carbocycles. The van der Waals surface area contributed by atoms with Gasteiger partial charge in [0.05, 0.1) is 11.6 Å². The van der Waals surface area contributed by atoms with Crippen LogP contribution in [-0.4, -0.2) is 11.6 Å². The van der Waals surface area contributed by atoms with E-state index in [1.54, 1.807) is 0 Å². The van der Waals surface area contributed by atoms with Crippen LogP contribution in [0.1, 0.15) is 36.5 Å². The molecule has 94 valence electrons. The van der Waals surface area contributed by atoms with Crippen LogP contribution < -0.4 is 10.5 Å². The Morgan fingerprint density at radius 1 is 1.35 bits per heavy atom. The van der Waals surface area contributed by atoms with Gasteiger partial charge in [-0.3, -0.25) is 0 Å². The largest absolute Gasteiger partial charge is 0.493 e. The molecule has 0 heterocycles. The van der Waals surface area contributed by atoms with Crippen LogP contribution in [0.25, 0.3) is 0 Å². The molecule has 0 saturated heterocycles. The predicted octanol–water partition coefficient (Wildman–Crippen LogP) is 3.31. The van der Waals surface area contributed by atoms with Gasteiger partial charge in [0, 0.05) is 6.42 Å². The Morgan fingerprint density at radius 2 is 2.06 bits per heavy atom. The van der Waals surface area contributed by atoms with Crippen LogP contribution in [0, 0.1) is 13.8 Å². The normalized spacial score (nSPS) is 10.3. The van der Waals surface area contributed by atoms with Crippen LogP contribution in [-0.2, 0) is 6.42 Å². The first-order chi connectivity index (χ1) is 8.04. The van der Waals surface area contributed by atoms with E-state index in [0.717, 1.165) is 31.6 Å². The molecule has 0 fully saturated rings. The molecular weight excluding hydrogens is 230 g/mol. The second-order valence-corrected chi connectivity index (χ2v) is 4.91. The van der Waals surface area contributed by atoms with Gasteiger partial charge in [0.25, 0.3) is 0 Å². The van der Waals surface area contributed by atoms with E-state index >= 15 is 0 Å². The third-order valence-corrected chi connectivity index (χ3v) is 2.79. The van der Waals surface area contributed by atoms with Crippen LogP contribution in [0.15, 0.2) is 12.1 Å². The fraction of sp³-hybridized carbons (Fsp3) is 0.500. The predicted molar refractivity (Wildman–Crippen MR) is 76.8 cm³/mol. The van der Waals surface area contributed by atoms with E-state index in [9.17, 15) is 0 Å². The molecule has 0 amide bonds. The Morgan fingerprint density at radius 3 is 2.65 bits per heavy atom. The first-order valence-corrected chi connectivity index (χ1v) is 6.46. The SMILES string of the molecule is CCCOc1c(C)cc(C)cc1CCC(N)=S. The maximum atomic E-state index is 5.82. The minimum absolute atomic E-state index is 0.561. The van der Waals surface area contributed by atoms with Crippen molar-refractivity contribution in [2.45, 2.75) is 40.0 Å². The molecule has 1 rings (SSSR count). The summed E-state index contributed by atoms with van der Waals surface area (Å²) in [6.45, 7) is 7.05. The first kappa shape index (κ1) is 14.0. The molecule has 0 radical (unpaired) electrons. The lowest BCUT2D eigenvalue weighted by Crippen LogP contribution is -2.10. The molecule has 0 unspecified atom stereocenters. The van der Waals surface area contributed by atoms with E-state index in [-0.39, 0.29) is 0 Å². The third kappa shape index (κ3) is 4.35. The van der Waals surface area contributed by atoms with Gasteiger partial charge in [-0.05, 0) is 37.8 Å². The topological polar surface area (TPSA) is 35.2 Å². The highest BCUT2D eigenvalue weighted by Crippen LogP contribution is 2.26. The van der Waals surface area contributed by atoms with Crippen molar-refractivity contribution >= 4 is 17.2 Å². The number of thiocarbonyl (C=S) groups is 1. The smallest absolute Gasteiger partial charge is 0.125 e. The maximum absolute atomic E-state index is 5.82. The van der Waals surface area contributed by atoms with Gasteiger partial charge in [-0.2, -0.15) is 0 Å². The van der Waals surface area contributed by atoms with Crippen molar-refractivity contribution in [2.75, 3.05) is 6.61 Å². The van der Waals surface area contributed by atoms with Crippen LogP contribution in [0.4, 0.5) is 0 Å². The molecule has 0 bridgehead atoms. The highest BCUT2D eigenvalue weighted by molar-refractivity contribution is 7.80. The molecule has 0 aliphatic heterocycles. The van der Waals surface area contributed by atoms with Crippen LogP contribution in [0.5, 0.6) is 5.75 Å². The quantitative estimate of drug-likeness (QED) is 0.788. The number of aryl methyl sites for hydroxylation is 3. The van der Waals surface area contributed by atoms with Crippen molar-refractivity contribution in [2.24, 2.45) is 5.73 Å². The van der Waals surface area contributed by atoms with E-state index in [4.69, 9.17) is 22.7 Å². The summed E-state index contributed by atoms with van der Waals surface area (Å²) in [5.41, 5.74) is 9.21. The van der Waals surface area contributed by atoms with Crippen molar-refractivity contribution < 1.29 is 4.74 Å². The molecule has 0 aliphatic rings. The zero-order chi connectivity index (χ0) is 12.8. The molecule has 0 saturated carbocycles. The van der Waals surface area contributed by atoms with Gasteiger partial charge in [-0.1, -0.05) is 36.8 Å². The summed E-state index contributed by atoms with van der Waals surface area (Å²) in [5, 5.41) is 0. The van der Waals surface area contributed by atoms with Crippen molar-refractivity contribution in [1.29, 1.82) is 0 Å². The monoisotopic (exact) mass is 251 g/mol. The second kappa shape index (κ2) is 6.60. The fourth-order valence-corrected chi connectivity index (χ4v) is 2.00. The summed E-state index contributed by atoms with van der Waals surface area (Å²) >= 11 is 4.93. The molecule has 0 spiro atoms. The summed E-state index contributed by atoms with van der Waals surface area (Å²) in [5.74, 6) is 1.01. The highest BCUT2D eigenvalue weighted by Gasteiger charge is 2.08. The average Bonchev–Trinajstić information content (AvgIpc) is 2.24. The Balaban J connectivity index is 2.93. The number of hydrogen-bond acceptors (Lipinski definition) is 2. The van der Waals surface area contributed by atoms with Crippen LogP contribution in [0.3, 0.4) is 0 Å². The summed E-state index contributed by atoms with van der Waals surface area (Å²) in [4.78, 5) is 0.561. The lowest BCUT2D eigenvalue weighted by Gasteiger charge is -2.14. The van der Waals surface area contributed by atoms with E-state index in [2.05, 4.69) is 32.9 Å². The number of ether oxygens (including phenoxy) is 1. The zero-order valence-corrected chi connectivity index (χ0v) is 11.7. The number of hydrogen-bond donors (Lipinski definition) is 1. The summed E-state index contributed by atoms with van der Waals surface area (Å²) in [7, 11) is 0. The number of benzene rings is 1. The van der Waals surface area contributed by atoms with Gasteiger partial charge >= 0.3 is 0 Å². The molecule has 0 atom stereocenters. The third-order valence-electron chi connectivity index (χ3n) is 2.59. The standard InChI is InChI=1S/C14H21NOS/c1-4-7-16-14-11(3)8-10(2)9-12(14)5-6-13(15)17/h8-9H,4-7H2,1-3H3,(H2,15,17). The van der Waals surface area contributed by atoms with E-state index in [1.807, 2.05) is 0 Å². The summed E-state index contributed by atoms with van der Waals surface area (Å²) in [6.07, 6.45) is 2.61. The molecular formula is C14H21NOS. The number of nitrogens with two attached hydrogens (primary N) is 1. The van der Waals surface area contributed by atoms with Gasteiger partial charge in [0.15, 0.2) is 0 Å². The summed E-state index contributed by atoms with van der Waals surface area (Å²) < 4.78 is 5.82. The van der Waals surface area contributed by atoms with E-state index in [1.165, 1.54) is 16.7 Å². The molecule has 17 heavy (non-hydrogen) atoms. The summed E-state index contributed by atoms with van der Waals surface area (Å²) in [6, 6.07) is 4.31. The minimum Gasteiger partial charge on any atom is -0.493 e. The lowest BCUT2D eigenvalue weighted by atomic mass is 10.0. The average molecular weight is 251 g/mol. The molecule has 0 aromatic heterocycles. The molecule has 2 N–H and O–H groups in total. The van der Waals surface area contributed by atoms with Gasteiger partial charge < -0.3 is 10.5 Å². The van der Waals surface area contributed by atoms with Gasteiger partial charge in [-0.25, -0.2) is 0 Å². The second-order valence-electron chi connectivity index (χ2n) is 4.38. The van der Waals surface area contributed by atoms with Crippen molar-refractivity contribution in [3.8, 4) is 5.75 Å². The van der Waals surface area contributed by atoms with Gasteiger partial charge in [0.2, 0.25) is 0 Å². The highest BCUT2D eigenvalue weighted by atomic mass is 32.1. The molecule has 1 aromatic rings. The number of rotatable bonds is 6. The van der Waals surface area contributed by atoms with Crippen molar-refractivity contribution in [3.63, 3.8) is 0 Å². The van der Waals surface area contributed by atoms with Gasteiger partial charge in [0.1, 0.15) is 5.75 Å². The molecule has 3 heteroatoms. The fourth-order valence-electron chi connectivity index (χ4n) is 1.90. The Kier molecular flexibility index (Phi) is 5.42. The minimum atomic E-state index is 0.561. The van der Waals surface area contributed by atoms with Crippen molar-refractivity contribution in [3.05, 3.63) is 28.8 Å². The van der Waals surface area contributed by atoms with Gasteiger partial charge in [-0.15, -0.1) is 0 Å². The van der Waals surface area contributed by atoms with Crippen LogP contribution >= 0.6 is 12.2 Å². The Hall–Kier alpha value is -1.09. The Labute approximate surface area is 109 Å². The van der Waals surface area contributed by atoms with Crippen LogP contribution in [0.2, 0.25) is 0 Å². The Bertz CT molecular complexity index is 401. The maximum Gasteiger partial charge on any atom is 0.125 e. The lowest BCUT2D eigenvalue weighted by molar-refractivity contribution is 0.312. The van der Waals surface area contributed by atoms with Crippen molar-refractivity contribution in [1.82, 2.24) is 0 Å². The van der Waals surface area contributed by atoms with E-state index < -0.39 is 0 Å².